The molecule has 172 valence electrons. The molecule has 2 heterocycles. The molecular weight excluding hydrogens is 422 g/mol. The zero-order chi connectivity index (χ0) is 23.2. The minimum Gasteiger partial charge on any atom is -0.493 e. The summed E-state index contributed by atoms with van der Waals surface area (Å²) in [6.07, 6.45) is 3.48. The van der Waals surface area contributed by atoms with Crippen LogP contribution in [0.2, 0.25) is 0 Å². The van der Waals surface area contributed by atoms with Gasteiger partial charge in [0.15, 0.2) is 17.2 Å². The van der Waals surface area contributed by atoms with E-state index < -0.39 is 0 Å². The predicted molar refractivity (Wildman–Crippen MR) is 125 cm³/mol. The number of aromatic nitrogens is 2. The highest BCUT2D eigenvalue weighted by molar-refractivity contribution is 6.04. The Kier molecular flexibility index (Phi) is 7.04. The first-order chi connectivity index (χ1) is 16.1. The van der Waals surface area contributed by atoms with Crippen molar-refractivity contribution in [1.29, 1.82) is 0 Å². The molecule has 1 N–H and O–H groups in total. The third-order valence-corrected chi connectivity index (χ3v) is 5.59. The van der Waals surface area contributed by atoms with Crippen LogP contribution in [0.15, 0.2) is 59.9 Å². The lowest BCUT2D eigenvalue weighted by Gasteiger charge is -2.26. The number of carbonyl (C=O) groups excluding carboxylic acids is 1. The molecule has 4 rings (SSSR count). The van der Waals surface area contributed by atoms with Crippen molar-refractivity contribution in [2.24, 2.45) is 0 Å². The summed E-state index contributed by atoms with van der Waals surface area (Å²) >= 11 is 0. The zero-order valence-corrected chi connectivity index (χ0v) is 18.6. The number of hydrogen-bond donors (Lipinski definition) is 1. The second kappa shape index (κ2) is 10.3. The van der Waals surface area contributed by atoms with E-state index in [0.29, 0.717) is 48.6 Å². The number of aromatic amines is 1. The lowest BCUT2D eigenvalue weighted by Crippen LogP contribution is -2.38. The number of carbonyl (C=O) groups is 1. The highest BCUT2D eigenvalue weighted by Crippen LogP contribution is 2.29. The molecule has 0 saturated carbocycles. The van der Waals surface area contributed by atoms with Gasteiger partial charge in [-0.05, 0) is 36.6 Å². The first-order valence-electron chi connectivity index (χ1n) is 10.9. The number of H-pyrrole nitrogens is 1. The molecule has 3 aromatic rings. The first-order valence-corrected chi connectivity index (χ1v) is 10.9. The van der Waals surface area contributed by atoms with Gasteiger partial charge in [-0.2, -0.15) is 5.10 Å². The Bertz CT molecular complexity index is 1200. The summed E-state index contributed by atoms with van der Waals surface area (Å²) in [6.45, 7) is 5.46. The van der Waals surface area contributed by atoms with Crippen LogP contribution in [-0.4, -0.2) is 54.0 Å². The van der Waals surface area contributed by atoms with E-state index in [1.54, 1.807) is 42.4 Å². The van der Waals surface area contributed by atoms with Crippen LogP contribution in [-0.2, 0) is 11.3 Å². The van der Waals surface area contributed by atoms with Crippen molar-refractivity contribution in [1.82, 2.24) is 15.1 Å². The Morgan fingerprint density at radius 3 is 2.82 bits per heavy atom. The monoisotopic (exact) mass is 449 g/mol. The molecule has 33 heavy (non-hydrogen) atoms. The zero-order valence-electron chi connectivity index (χ0n) is 18.6. The summed E-state index contributed by atoms with van der Waals surface area (Å²) in [7, 11) is 1.57. The second-order valence-corrected chi connectivity index (χ2v) is 7.85. The van der Waals surface area contributed by atoms with Gasteiger partial charge >= 0.3 is 0 Å². The van der Waals surface area contributed by atoms with Crippen LogP contribution in [0.25, 0.3) is 10.8 Å². The number of nitrogens with one attached hydrogen (secondary N) is 1. The summed E-state index contributed by atoms with van der Waals surface area (Å²) in [6, 6.07) is 12.5. The highest BCUT2D eigenvalue weighted by Gasteiger charge is 2.26. The summed E-state index contributed by atoms with van der Waals surface area (Å²) in [5.41, 5.74) is 0.756. The average Bonchev–Trinajstić information content (AvgIpc) is 3.36. The molecule has 2 aromatic carbocycles. The third kappa shape index (κ3) is 5.06. The summed E-state index contributed by atoms with van der Waals surface area (Å²) < 4.78 is 16.9. The van der Waals surface area contributed by atoms with Crippen LogP contribution >= 0.6 is 0 Å². The molecule has 1 aliphatic rings. The molecule has 0 radical (unpaired) electrons. The van der Waals surface area contributed by atoms with Crippen molar-refractivity contribution < 1.29 is 19.0 Å². The average molecular weight is 450 g/mol. The van der Waals surface area contributed by atoms with E-state index in [-0.39, 0.29) is 23.3 Å². The number of ether oxygens (including phenoxy) is 3. The van der Waals surface area contributed by atoms with Crippen LogP contribution in [0.5, 0.6) is 11.5 Å². The number of amides is 1. The number of fused-ring (bicyclic) bond motifs is 1. The quantitative estimate of drug-likeness (QED) is 0.504. The molecule has 1 saturated heterocycles. The fourth-order valence-electron chi connectivity index (χ4n) is 3.98. The van der Waals surface area contributed by atoms with Gasteiger partial charge in [0.25, 0.3) is 11.5 Å². The van der Waals surface area contributed by atoms with Gasteiger partial charge in [0, 0.05) is 25.1 Å². The molecular formula is C25H27N3O5. The topological polar surface area (TPSA) is 93.8 Å². The van der Waals surface area contributed by atoms with E-state index in [2.05, 4.69) is 16.8 Å². The number of benzene rings is 2. The Hall–Kier alpha value is -3.65. The van der Waals surface area contributed by atoms with Crippen molar-refractivity contribution in [3.8, 4) is 11.5 Å². The van der Waals surface area contributed by atoms with Crippen molar-refractivity contribution in [2.75, 3.05) is 26.9 Å². The van der Waals surface area contributed by atoms with Crippen LogP contribution in [0.4, 0.5) is 0 Å². The Morgan fingerprint density at radius 2 is 2.09 bits per heavy atom. The molecule has 1 aromatic heterocycles. The number of rotatable bonds is 9. The van der Waals surface area contributed by atoms with Gasteiger partial charge < -0.3 is 19.1 Å². The van der Waals surface area contributed by atoms with E-state index in [1.807, 2.05) is 18.2 Å². The smallest absolute Gasteiger partial charge is 0.275 e. The van der Waals surface area contributed by atoms with Gasteiger partial charge in [-0.3, -0.25) is 9.59 Å². The highest BCUT2D eigenvalue weighted by atomic mass is 16.5. The molecule has 1 amide bonds. The Balaban J connectivity index is 1.66. The second-order valence-electron chi connectivity index (χ2n) is 7.85. The van der Waals surface area contributed by atoms with E-state index in [1.165, 1.54) is 0 Å². The predicted octanol–water partition coefficient (Wildman–Crippen LogP) is 3.32. The molecule has 0 unspecified atom stereocenters. The van der Waals surface area contributed by atoms with Crippen molar-refractivity contribution >= 4 is 16.7 Å². The lowest BCUT2D eigenvalue weighted by atomic mass is 10.1. The lowest BCUT2D eigenvalue weighted by molar-refractivity contribution is 0.0503. The SMILES string of the molecule is C=CCOc1ccc(CN(C[C@H]2CCCO2)C(=O)c2n[nH]c(=O)c3ccccc23)cc1OC. The molecule has 8 heteroatoms. The summed E-state index contributed by atoms with van der Waals surface area (Å²) in [5, 5.41) is 7.51. The molecule has 1 fully saturated rings. The van der Waals surface area contributed by atoms with Crippen LogP contribution in [0.1, 0.15) is 28.9 Å². The molecule has 0 spiro atoms. The van der Waals surface area contributed by atoms with E-state index in [4.69, 9.17) is 14.2 Å². The largest absolute Gasteiger partial charge is 0.493 e. The van der Waals surface area contributed by atoms with Gasteiger partial charge in [-0.1, -0.05) is 36.9 Å². The van der Waals surface area contributed by atoms with E-state index in [0.717, 1.165) is 18.4 Å². The maximum absolute atomic E-state index is 13.6. The fraction of sp³-hybridized carbons (Fsp3) is 0.320. The van der Waals surface area contributed by atoms with E-state index in [9.17, 15) is 9.59 Å². The fourth-order valence-corrected chi connectivity index (χ4v) is 3.98. The van der Waals surface area contributed by atoms with Crippen molar-refractivity contribution in [2.45, 2.75) is 25.5 Å². The van der Waals surface area contributed by atoms with Gasteiger partial charge in [-0.15, -0.1) is 0 Å². The van der Waals surface area contributed by atoms with Crippen LogP contribution in [0, 0.1) is 0 Å². The normalized spacial score (nSPS) is 15.4. The van der Waals surface area contributed by atoms with Gasteiger partial charge in [0.1, 0.15) is 6.61 Å². The van der Waals surface area contributed by atoms with Gasteiger partial charge in [0.05, 0.1) is 18.6 Å². The Morgan fingerprint density at radius 1 is 1.27 bits per heavy atom. The summed E-state index contributed by atoms with van der Waals surface area (Å²) in [4.78, 5) is 27.5. The minimum absolute atomic E-state index is 0.0416. The van der Waals surface area contributed by atoms with Crippen LogP contribution < -0.4 is 15.0 Å². The van der Waals surface area contributed by atoms with Gasteiger partial charge in [-0.25, -0.2) is 5.10 Å². The number of hydrogen-bond acceptors (Lipinski definition) is 6. The van der Waals surface area contributed by atoms with E-state index >= 15 is 0 Å². The molecule has 1 atom stereocenters. The molecule has 0 aliphatic carbocycles. The number of nitrogens with zero attached hydrogens (tertiary/aromatic N) is 2. The molecule has 1 aliphatic heterocycles. The Labute approximate surface area is 191 Å². The maximum atomic E-state index is 13.6. The van der Waals surface area contributed by atoms with Gasteiger partial charge in [0.2, 0.25) is 0 Å². The molecule has 0 bridgehead atoms. The van der Waals surface area contributed by atoms with Crippen molar-refractivity contribution in [3.63, 3.8) is 0 Å². The minimum atomic E-state index is -0.326. The maximum Gasteiger partial charge on any atom is 0.275 e. The first kappa shape index (κ1) is 22.5. The third-order valence-electron chi connectivity index (χ3n) is 5.59. The van der Waals surface area contributed by atoms with Crippen LogP contribution in [0.3, 0.4) is 0 Å². The number of methoxy groups -OCH3 is 1. The molecule has 8 nitrogen and oxygen atoms in total. The summed E-state index contributed by atoms with van der Waals surface area (Å²) in [5.74, 6) is 0.904. The standard InChI is InChI=1S/C25H27N3O5/c1-3-12-33-21-11-10-17(14-22(21)31-2)15-28(16-18-7-6-13-32-18)25(30)23-19-8-4-5-9-20(19)24(29)27-26-23/h3-5,8-11,14,18H,1,6-7,12-13,15-16H2,2H3,(H,27,29)/t18-/m1/s1. The van der Waals surface area contributed by atoms with Crippen molar-refractivity contribution in [3.05, 3.63) is 76.7 Å².